The van der Waals surface area contributed by atoms with E-state index in [9.17, 15) is 0 Å². The van der Waals surface area contributed by atoms with Crippen molar-refractivity contribution in [3.05, 3.63) is 20.8 Å². The predicted octanol–water partition coefficient (Wildman–Crippen LogP) is 5.50. The number of hydrogen-bond acceptors (Lipinski definition) is 2. The van der Waals surface area contributed by atoms with Crippen LogP contribution in [-0.4, -0.2) is 13.1 Å². The molecule has 114 valence electrons. The molecule has 1 N–H and O–H groups in total. The number of thiophene rings is 1. The Morgan fingerprint density at radius 1 is 1.25 bits per heavy atom. The molecule has 1 nitrogen and oxygen atoms in total. The van der Waals surface area contributed by atoms with Crippen molar-refractivity contribution in [2.45, 2.75) is 52.4 Å². The van der Waals surface area contributed by atoms with Crippen LogP contribution in [0.5, 0.6) is 0 Å². The van der Waals surface area contributed by atoms with E-state index in [0.29, 0.717) is 0 Å². The average Bonchev–Trinajstić information content (AvgIpc) is 2.67. The topological polar surface area (TPSA) is 12.0 Å². The van der Waals surface area contributed by atoms with Gasteiger partial charge in [-0.05, 0) is 72.1 Å². The van der Waals surface area contributed by atoms with Gasteiger partial charge in [0.15, 0.2) is 0 Å². The zero-order valence-electron chi connectivity index (χ0n) is 12.8. The quantitative estimate of drug-likeness (QED) is 0.663. The second-order valence-electron chi connectivity index (χ2n) is 6.65. The highest BCUT2D eigenvalue weighted by Crippen LogP contribution is 2.33. The maximum Gasteiger partial charge on any atom is 0.0285 e. The van der Waals surface area contributed by atoms with Gasteiger partial charge in [-0.25, -0.2) is 0 Å². The summed E-state index contributed by atoms with van der Waals surface area (Å²) in [5, 5.41) is 5.92. The third-order valence-electron chi connectivity index (χ3n) is 4.36. The Balaban J connectivity index is 1.90. The van der Waals surface area contributed by atoms with Crippen molar-refractivity contribution in [3.63, 3.8) is 0 Å². The SMILES string of the molecule is CC(C)CNCC1CCCCCC1Cc1cc(Br)cs1. The molecule has 0 radical (unpaired) electrons. The van der Waals surface area contributed by atoms with Crippen molar-refractivity contribution in [3.8, 4) is 0 Å². The third-order valence-corrected chi connectivity index (χ3v) is 6.08. The third kappa shape index (κ3) is 5.50. The normalized spacial score (nSPS) is 24.0. The van der Waals surface area contributed by atoms with Gasteiger partial charge in [0, 0.05) is 14.7 Å². The Morgan fingerprint density at radius 2 is 2.00 bits per heavy atom. The number of nitrogens with one attached hydrogen (secondary N) is 1. The van der Waals surface area contributed by atoms with Gasteiger partial charge in [0.25, 0.3) is 0 Å². The lowest BCUT2D eigenvalue weighted by atomic mass is 9.85. The molecule has 1 heterocycles. The molecule has 0 saturated heterocycles. The zero-order valence-corrected chi connectivity index (χ0v) is 15.2. The summed E-state index contributed by atoms with van der Waals surface area (Å²) in [6, 6.07) is 2.31. The monoisotopic (exact) mass is 357 g/mol. The molecular formula is C17H28BrNS. The standard InChI is InChI=1S/C17H28BrNS/c1-13(2)10-19-11-15-7-5-3-4-6-14(15)8-17-9-16(18)12-20-17/h9,12-15,19H,3-8,10-11H2,1-2H3. The van der Waals surface area contributed by atoms with Crippen molar-refractivity contribution in [2.24, 2.45) is 17.8 Å². The van der Waals surface area contributed by atoms with Gasteiger partial charge in [-0.3, -0.25) is 0 Å². The Morgan fingerprint density at radius 3 is 2.65 bits per heavy atom. The van der Waals surface area contributed by atoms with Crippen LogP contribution in [0.1, 0.15) is 50.8 Å². The van der Waals surface area contributed by atoms with Crippen molar-refractivity contribution in [1.82, 2.24) is 5.32 Å². The second kappa shape index (κ2) is 8.55. The summed E-state index contributed by atoms with van der Waals surface area (Å²) in [6.07, 6.45) is 8.41. The largest absolute Gasteiger partial charge is 0.316 e. The van der Waals surface area contributed by atoms with Gasteiger partial charge in [0.1, 0.15) is 0 Å². The summed E-state index contributed by atoms with van der Waals surface area (Å²) >= 11 is 5.50. The van der Waals surface area contributed by atoms with Crippen LogP contribution in [0.2, 0.25) is 0 Å². The Hall–Kier alpha value is 0.140. The first-order chi connectivity index (χ1) is 9.65. The number of halogens is 1. The highest BCUT2D eigenvalue weighted by atomic mass is 79.9. The highest BCUT2D eigenvalue weighted by Gasteiger charge is 2.24. The Bertz CT molecular complexity index is 388. The minimum atomic E-state index is 0.757. The molecule has 1 aromatic heterocycles. The lowest BCUT2D eigenvalue weighted by Gasteiger charge is -2.25. The van der Waals surface area contributed by atoms with E-state index < -0.39 is 0 Å². The first-order valence-corrected chi connectivity index (χ1v) is 9.76. The van der Waals surface area contributed by atoms with Crippen LogP contribution in [0.15, 0.2) is 15.9 Å². The van der Waals surface area contributed by atoms with E-state index in [1.165, 1.54) is 49.5 Å². The van der Waals surface area contributed by atoms with E-state index >= 15 is 0 Å². The molecule has 2 unspecified atom stereocenters. The van der Waals surface area contributed by atoms with E-state index in [1.54, 1.807) is 4.88 Å². The van der Waals surface area contributed by atoms with Crippen molar-refractivity contribution >= 4 is 27.3 Å². The summed E-state index contributed by atoms with van der Waals surface area (Å²) in [5.74, 6) is 2.51. The van der Waals surface area contributed by atoms with Gasteiger partial charge in [0.2, 0.25) is 0 Å². The first kappa shape index (κ1) is 16.5. The van der Waals surface area contributed by atoms with Crippen LogP contribution >= 0.6 is 27.3 Å². The molecule has 0 amide bonds. The summed E-state index contributed by atoms with van der Waals surface area (Å²) in [4.78, 5) is 1.55. The first-order valence-electron chi connectivity index (χ1n) is 8.08. The smallest absolute Gasteiger partial charge is 0.0285 e. The maximum absolute atomic E-state index is 3.70. The maximum atomic E-state index is 3.70. The minimum absolute atomic E-state index is 0.757. The van der Waals surface area contributed by atoms with E-state index in [4.69, 9.17) is 0 Å². The molecule has 1 aliphatic carbocycles. The second-order valence-corrected chi connectivity index (χ2v) is 8.56. The molecule has 0 spiro atoms. The van der Waals surface area contributed by atoms with Gasteiger partial charge >= 0.3 is 0 Å². The fourth-order valence-electron chi connectivity index (χ4n) is 3.28. The van der Waals surface area contributed by atoms with Crippen molar-refractivity contribution < 1.29 is 0 Å². The summed E-state index contributed by atoms with van der Waals surface area (Å²) < 4.78 is 1.25. The lowest BCUT2D eigenvalue weighted by molar-refractivity contribution is 0.295. The van der Waals surface area contributed by atoms with Gasteiger partial charge < -0.3 is 5.32 Å². The van der Waals surface area contributed by atoms with Crippen LogP contribution in [0.4, 0.5) is 0 Å². The van der Waals surface area contributed by atoms with E-state index in [0.717, 1.165) is 24.3 Å². The lowest BCUT2D eigenvalue weighted by Crippen LogP contribution is -2.31. The highest BCUT2D eigenvalue weighted by molar-refractivity contribution is 9.10. The molecule has 0 bridgehead atoms. The molecule has 0 aliphatic heterocycles. The Labute approximate surface area is 136 Å². The van der Waals surface area contributed by atoms with Crippen LogP contribution in [-0.2, 0) is 6.42 Å². The summed E-state index contributed by atoms with van der Waals surface area (Å²) in [5.41, 5.74) is 0. The van der Waals surface area contributed by atoms with Crippen LogP contribution in [0.3, 0.4) is 0 Å². The molecule has 1 saturated carbocycles. The average molecular weight is 358 g/mol. The van der Waals surface area contributed by atoms with Gasteiger partial charge in [-0.2, -0.15) is 0 Å². The molecular weight excluding hydrogens is 330 g/mol. The molecule has 1 fully saturated rings. The minimum Gasteiger partial charge on any atom is -0.316 e. The van der Waals surface area contributed by atoms with E-state index in [-0.39, 0.29) is 0 Å². The molecule has 1 aromatic rings. The van der Waals surface area contributed by atoms with Crippen LogP contribution < -0.4 is 5.32 Å². The predicted molar refractivity (Wildman–Crippen MR) is 93.5 cm³/mol. The van der Waals surface area contributed by atoms with Crippen molar-refractivity contribution in [1.29, 1.82) is 0 Å². The molecule has 20 heavy (non-hydrogen) atoms. The van der Waals surface area contributed by atoms with E-state index in [1.807, 2.05) is 11.3 Å². The molecule has 1 aliphatic rings. The van der Waals surface area contributed by atoms with Gasteiger partial charge in [-0.15, -0.1) is 11.3 Å². The molecule has 3 heteroatoms. The van der Waals surface area contributed by atoms with Gasteiger partial charge in [-0.1, -0.05) is 33.1 Å². The summed E-state index contributed by atoms with van der Waals surface area (Å²) in [7, 11) is 0. The zero-order chi connectivity index (χ0) is 14.4. The van der Waals surface area contributed by atoms with Gasteiger partial charge in [0.05, 0.1) is 0 Å². The molecule has 2 atom stereocenters. The number of hydrogen-bond donors (Lipinski definition) is 1. The summed E-state index contributed by atoms with van der Waals surface area (Å²) in [6.45, 7) is 6.96. The van der Waals surface area contributed by atoms with E-state index in [2.05, 4.69) is 46.5 Å². The number of rotatable bonds is 6. The molecule has 0 aromatic carbocycles. The fourth-order valence-corrected chi connectivity index (χ4v) is 4.82. The fraction of sp³-hybridized carbons (Fsp3) is 0.765. The van der Waals surface area contributed by atoms with Crippen molar-refractivity contribution in [2.75, 3.05) is 13.1 Å². The molecule has 2 rings (SSSR count). The van der Waals surface area contributed by atoms with Crippen LogP contribution in [0, 0.1) is 17.8 Å². The Kier molecular flexibility index (Phi) is 7.06. The van der Waals surface area contributed by atoms with Crippen LogP contribution in [0.25, 0.3) is 0 Å².